The summed E-state index contributed by atoms with van der Waals surface area (Å²) in [5, 5.41) is 36.1. The molecule has 0 radical (unpaired) electrons. The van der Waals surface area contributed by atoms with Gasteiger partial charge in [0.15, 0.2) is 5.82 Å². The number of amides is 1. The first kappa shape index (κ1) is 30.2. The van der Waals surface area contributed by atoms with E-state index in [1.807, 2.05) is 19.2 Å². The molecule has 10 nitrogen and oxygen atoms in total. The number of aromatic amines is 1. The number of aryl methyl sites for hydroxylation is 2. The first-order valence-electron chi connectivity index (χ1n) is 16.5. The van der Waals surface area contributed by atoms with Crippen molar-refractivity contribution in [2.45, 2.75) is 74.9 Å². The van der Waals surface area contributed by atoms with Crippen molar-refractivity contribution in [1.29, 1.82) is 5.26 Å². The van der Waals surface area contributed by atoms with Gasteiger partial charge in [-0.3, -0.25) is 4.79 Å². The number of benzene rings is 2. The Balaban J connectivity index is 1.32. The minimum atomic E-state index is -0.734. The highest BCUT2D eigenvalue weighted by Crippen LogP contribution is 2.55. The fraction of sp³-hybridized carbons (Fsp3) is 0.472. The molecule has 1 amide bonds. The van der Waals surface area contributed by atoms with Crippen LogP contribution in [-0.4, -0.2) is 69.7 Å². The maximum atomic E-state index is 12.8. The predicted molar refractivity (Wildman–Crippen MR) is 176 cm³/mol. The largest absolute Gasteiger partial charge is 0.388 e. The molecule has 2 unspecified atom stereocenters. The van der Waals surface area contributed by atoms with Crippen molar-refractivity contribution >= 4 is 11.6 Å². The van der Waals surface area contributed by atoms with Crippen LogP contribution >= 0.6 is 0 Å². The van der Waals surface area contributed by atoms with Crippen molar-refractivity contribution < 1.29 is 4.79 Å². The van der Waals surface area contributed by atoms with E-state index in [0.717, 1.165) is 72.2 Å². The third kappa shape index (κ3) is 4.71. The van der Waals surface area contributed by atoms with Crippen LogP contribution in [0.2, 0.25) is 0 Å². The summed E-state index contributed by atoms with van der Waals surface area (Å²) in [7, 11) is 3.55. The van der Waals surface area contributed by atoms with Gasteiger partial charge >= 0.3 is 0 Å². The Morgan fingerprint density at radius 1 is 1.09 bits per heavy atom. The van der Waals surface area contributed by atoms with E-state index in [0.29, 0.717) is 42.2 Å². The molecule has 3 fully saturated rings. The average molecular weight is 618 g/mol. The number of carbonyl (C=O) groups is 1. The molecular weight excluding hydrogens is 574 g/mol. The lowest BCUT2D eigenvalue weighted by atomic mass is 9.60. The molecule has 7 rings (SSSR count). The van der Waals surface area contributed by atoms with Crippen molar-refractivity contribution in [2.24, 2.45) is 11.8 Å². The number of piperidine rings is 1. The summed E-state index contributed by atoms with van der Waals surface area (Å²) in [6.45, 7) is 11.6. The van der Waals surface area contributed by atoms with Gasteiger partial charge in [-0.1, -0.05) is 43.5 Å². The molecule has 1 aliphatic heterocycles. The fourth-order valence-electron chi connectivity index (χ4n) is 8.69. The number of hydrogen-bond acceptors (Lipinski definition) is 8. The molecule has 2 aromatic carbocycles. The van der Waals surface area contributed by atoms with E-state index >= 15 is 0 Å². The highest BCUT2D eigenvalue weighted by molar-refractivity contribution is 5.94. The molecule has 1 aromatic heterocycles. The number of fused-ring (bicyclic) bond motifs is 3. The van der Waals surface area contributed by atoms with Gasteiger partial charge in [-0.25, -0.2) is 0 Å². The van der Waals surface area contributed by atoms with Crippen LogP contribution in [0.4, 0.5) is 0 Å². The molecule has 4 N–H and O–H groups in total. The lowest BCUT2D eigenvalue weighted by Gasteiger charge is -2.49. The average Bonchev–Trinajstić information content (AvgIpc) is 3.40. The Morgan fingerprint density at radius 3 is 2.37 bits per heavy atom. The van der Waals surface area contributed by atoms with Gasteiger partial charge in [-0.15, -0.1) is 10.2 Å². The van der Waals surface area contributed by atoms with Crippen LogP contribution in [-0.2, 0) is 18.3 Å². The Kier molecular flexibility index (Phi) is 7.47. The van der Waals surface area contributed by atoms with E-state index < -0.39 is 5.41 Å². The van der Waals surface area contributed by atoms with Crippen molar-refractivity contribution in [2.75, 3.05) is 20.6 Å². The second kappa shape index (κ2) is 11.4. The smallest absolute Gasteiger partial charge is 0.251 e. The second-order valence-corrected chi connectivity index (χ2v) is 13.7. The summed E-state index contributed by atoms with van der Waals surface area (Å²) >= 11 is 0. The van der Waals surface area contributed by atoms with Crippen LogP contribution in [0.1, 0.15) is 83.0 Å². The molecule has 3 aliphatic carbocycles. The van der Waals surface area contributed by atoms with Crippen LogP contribution in [0.5, 0.6) is 0 Å². The number of likely N-dealkylation sites (tertiary alicyclic amines) is 1. The number of nitrogens with zero attached hydrogens (tertiary/aromatic N) is 5. The van der Waals surface area contributed by atoms with E-state index in [2.05, 4.69) is 86.8 Å². The van der Waals surface area contributed by atoms with Crippen molar-refractivity contribution in [3.8, 4) is 6.07 Å². The number of tetrazole rings is 1. The normalized spacial score (nSPS) is 26.8. The van der Waals surface area contributed by atoms with E-state index in [1.165, 1.54) is 5.56 Å². The van der Waals surface area contributed by atoms with Gasteiger partial charge in [-0.2, -0.15) is 10.5 Å². The molecule has 5 atom stereocenters. The second-order valence-electron chi connectivity index (χ2n) is 13.7. The topological polar surface area (TPSA) is 135 Å². The summed E-state index contributed by atoms with van der Waals surface area (Å²) in [5.41, 5.74) is 7.15. The zero-order chi connectivity index (χ0) is 32.2. The predicted octanol–water partition coefficient (Wildman–Crippen LogP) is 3.83. The number of H-pyrrole nitrogens is 1. The van der Waals surface area contributed by atoms with E-state index in [9.17, 15) is 10.1 Å². The van der Waals surface area contributed by atoms with Gasteiger partial charge in [0, 0.05) is 49.2 Å². The van der Waals surface area contributed by atoms with Crippen molar-refractivity contribution in [3.05, 3.63) is 94.5 Å². The molecule has 4 aliphatic rings. The van der Waals surface area contributed by atoms with Gasteiger partial charge in [0.25, 0.3) is 5.91 Å². The number of hydrogen-bond donors (Lipinski definition) is 4. The van der Waals surface area contributed by atoms with E-state index in [1.54, 1.807) is 7.05 Å². The molecule has 2 saturated carbocycles. The van der Waals surface area contributed by atoms with Gasteiger partial charge in [0.2, 0.25) is 0 Å². The van der Waals surface area contributed by atoms with Gasteiger partial charge in [-0.05, 0) is 103 Å². The highest BCUT2D eigenvalue weighted by atomic mass is 16.1. The molecule has 46 heavy (non-hydrogen) atoms. The summed E-state index contributed by atoms with van der Waals surface area (Å²) in [6.07, 6.45) is 6.32. The standard InChI is InChI=1S/C36H43N9O/c1-21(45-28(18-37)17-29-22(2)32(29)45)19-40-35(13-6-14-35)20-36(34-41-43-44-42-34)30-11-9-24(23(3)38-4)15-25(30)7-8-26-16-27(33(46)39-5)10-12-31(26)36/h9-12,15-16,22,28-29,32,38,40H,1,3,6-8,13-14,17,19-20H2,2,4-5H3,(H,39,46)(H,41,42,43,44)/t22-,28-,29+,32?,36?/m0/s1. The molecule has 10 heteroatoms. The molecule has 3 aromatic rings. The minimum absolute atomic E-state index is 0.0970. The minimum Gasteiger partial charge on any atom is -0.388 e. The van der Waals surface area contributed by atoms with Crippen LogP contribution in [0.25, 0.3) is 5.70 Å². The first-order valence-corrected chi connectivity index (χ1v) is 16.5. The van der Waals surface area contributed by atoms with E-state index in [4.69, 9.17) is 5.10 Å². The SMILES string of the molecule is C=C(NC)c1ccc2c(c1)CCc1cc(C(=O)NC)ccc1C2(CC1(NCC(=C)N2C3[C@@H](C)[C@H]3C[C@H]2C#N)CCC1)c1nn[nH]n1. The van der Waals surface area contributed by atoms with Crippen LogP contribution in [0, 0.1) is 23.2 Å². The van der Waals surface area contributed by atoms with Crippen LogP contribution in [0.15, 0.2) is 55.3 Å². The quantitative estimate of drug-likeness (QED) is 0.270. The zero-order valence-corrected chi connectivity index (χ0v) is 27.0. The molecule has 238 valence electrons. The fourth-order valence-corrected chi connectivity index (χ4v) is 8.69. The highest BCUT2D eigenvalue weighted by Gasteiger charge is 2.59. The van der Waals surface area contributed by atoms with E-state index in [-0.39, 0.29) is 17.5 Å². The van der Waals surface area contributed by atoms with Crippen LogP contribution in [0.3, 0.4) is 0 Å². The number of aromatic nitrogens is 4. The molecule has 1 saturated heterocycles. The summed E-state index contributed by atoms with van der Waals surface area (Å²) in [5.74, 6) is 1.73. The first-order chi connectivity index (χ1) is 22.2. The maximum Gasteiger partial charge on any atom is 0.251 e. The third-order valence-electron chi connectivity index (χ3n) is 11.4. The lowest BCUT2D eigenvalue weighted by Crippen LogP contribution is -2.57. The maximum absolute atomic E-state index is 12.8. The summed E-state index contributed by atoms with van der Waals surface area (Å²) in [4.78, 5) is 15.1. The lowest BCUT2D eigenvalue weighted by molar-refractivity contribution is 0.0963. The Bertz CT molecular complexity index is 1670. The van der Waals surface area contributed by atoms with Crippen molar-refractivity contribution in [3.63, 3.8) is 0 Å². The number of carbonyl (C=O) groups excluding carboxylic acids is 1. The molecule has 0 spiro atoms. The number of rotatable bonds is 10. The van der Waals surface area contributed by atoms with Crippen molar-refractivity contribution in [1.82, 2.24) is 41.5 Å². The number of nitriles is 1. The third-order valence-corrected chi connectivity index (χ3v) is 11.4. The molecule has 2 heterocycles. The van der Waals surface area contributed by atoms with Crippen LogP contribution < -0.4 is 16.0 Å². The Morgan fingerprint density at radius 2 is 1.78 bits per heavy atom. The summed E-state index contributed by atoms with van der Waals surface area (Å²) in [6, 6.07) is 15.5. The molecular formula is C36H43N9O. The van der Waals surface area contributed by atoms with Gasteiger partial charge in [0.1, 0.15) is 6.04 Å². The monoisotopic (exact) mass is 617 g/mol. The van der Waals surface area contributed by atoms with Gasteiger partial charge < -0.3 is 20.9 Å². The Hall–Kier alpha value is -4.49. The Labute approximate surface area is 270 Å². The number of nitrogens with one attached hydrogen (secondary N) is 4. The van der Waals surface area contributed by atoms with Gasteiger partial charge in [0.05, 0.1) is 11.5 Å². The molecule has 0 bridgehead atoms. The summed E-state index contributed by atoms with van der Waals surface area (Å²) < 4.78 is 0. The zero-order valence-electron chi connectivity index (χ0n) is 27.0.